The lowest BCUT2D eigenvalue weighted by atomic mass is 10.00. The Morgan fingerprint density at radius 3 is 2.53 bits per heavy atom. The molecule has 0 atom stereocenters. The van der Waals surface area contributed by atoms with Crippen molar-refractivity contribution in [2.24, 2.45) is 0 Å². The number of hydrogen-bond acceptors (Lipinski definition) is 2. The fourth-order valence-corrected chi connectivity index (χ4v) is 2.05. The van der Waals surface area contributed by atoms with E-state index in [9.17, 15) is 4.79 Å². The van der Waals surface area contributed by atoms with Gasteiger partial charge in [0.2, 0.25) is 0 Å². The van der Waals surface area contributed by atoms with Gasteiger partial charge in [-0.15, -0.1) is 0 Å². The van der Waals surface area contributed by atoms with Crippen molar-refractivity contribution in [3.63, 3.8) is 0 Å². The summed E-state index contributed by atoms with van der Waals surface area (Å²) in [5.41, 5.74) is 2.95. The average molecular weight is 256 g/mol. The second-order valence-corrected chi connectivity index (χ2v) is 4.31. The second kappa shape index (κ2) is 6.05. The van der Waals surface area contributed by atoms with E-state index in [1.54, 1.807) is 6.07 Å². The number of carbonyl (C=O) groups is 1. The summed E-state index contributed by atoms with van der Waals surface area (Å²) in [6, 6.07) is 15.3. The maximum atomic E-state index is 10.7. The summed E-state index contributed by atoms with van der Waals surface area (Å²) in [6.45, 7) is 2.11. The quantitative estimate of drug-likeness (QED) is 0.653. The molecule has 0 aromatic heterocycles. The molecule has 0 bridgehead atoms. The van der Waals surface area contributed by atoms with Crippen LogP contribution in [0.15, 0.2) is 48.5 Å². The van der Waals surface area contributed by atoms with Crippen molar-refractivity contribution in [3.05, 3.63) is 54.1 Å². The van der Waals surface area contributed by atoms with Crippen molar-refractivity contribution in [3.8, 4) is 16.9 Å². The smallest absolute Gasteiger partial charge is 0.449 e. The Balaban J connectivity index is 2.46. The fourth-order valence-electron chi connectivity index (χ4n) is 2.05. The van der Waals surface area contributed by atoms with Crippen molar-refractivity contribution >= 4 is 6.16 Å². The van der Waals surface area contributed by atoms with Crippen molar-refractivity contribution in [1.82, 2.24) is 0 Å². The molecule has 2 aromatic carbocycles. The van der Waals surface area contributed by atoms with Crippen LogP contribution in [0, 0.1) is 0 Å². The third kappa shape index (κ3) is 3.35. The molecule has 2 aromatic rings. The van der Waals surface area contributed by atoms with Gasteiger partial charge < -0.3 is 9.84 Å². The first kappa shape index (κ1) is 13.1. The van der Waals surface area contributed by atoms with E-state index in [0.717, 1.165) is 24.0 Å². The van der Waals surface area contributed by atoms with Gasteiger partial charge in [0.1, 0.15) is 5.75 Å². The Kier molecular flexibility index (Phi) is 4.18. The molecule has 0 aliphatic carbocycles. The van der Waals surface area contributed by atoms with E-state index < -0.39 is 6.16 Å². The first-order chi connectivity index (χ1) is 9.20. The second-order valence-electron chi connectivity index (χ2n) is 4.31. The van der Waals surface area contributed by atoms with E-state index in [1.165, 1.54) is 5.56 Å². The minimum absolute atomic E-state index is 0.374. The van der Waals surface area contributed by atoms with Crippen LogP contribution in [0.4, 0.5) is 4.79 Å². The van der Waals surface area contributed by atoms with Crippen LogP contribution in [0.5, 0.6) is 5.75 Å². The maximum Gasteiger partial charge on any atom is 0.511 e. The molecule has 0 heterocycles. The molecule has 0 saturated carbocycles. The summed E-state index contributed by atoms with van der Waals surface area (Å²) in [5, 5.41) is 8.79. The van der Waals surface area contributed by atoms with Gasteiger partial charge in [-0.2, -0.15) is 0 Å². The molecule has 0 unspecified atom stereocenters. The molecular weight excluding hydrogens is 240 g/mol. The monoisotopic (exact) mass is 256 g/mol. The van der Waals surface area contributed by atoms with Crippen LogP contribution in [0.1, 0.15) is 18.9 Å². The molecule has 0 aliphatic rings. The van der Waals surface area contributed by atoms with E-state index in [0.29, 0.717) is 5.75 Å². The summed E-state index contributed by atoms with van der Waals surface area (Å²) in [6.07, 6.45) is 0.723. The normalized spacial score (nSPS) is 10.2. The largest absolute Gasteiger partial charge is 0.511 e. The van der Waals surface area contributed by atoms with E-state index in [4.69, 9.17) is 9.84 Å². The highest BCUT2D eigenvalue weighted by Crippen LogP contribution is 2.31. The van der Waals surface area contributed by atoms with Gasteiger partial charge in [-0.1, -0.05) is 49.7 Å². The first-order valence-corrected chi connectivity index (χ1v) is 6.30. The highest BCUT2D eigenvalue weighted by Gasteiger charge is 2.10. The molecular formula is C16H16O3. The number of aryl methyl sites for hydroxylation is 1. The van der Waals surface area contributed by atoms with E-state index in [1.807, 2.05) is 42.5 Å². The SMILES string of the molecule is CCCc1ccc(OC(=O)O)c(-c2ccccc2)c1. The van der Waals surface area contributed by atoms with E-state index >= 15 is 0 Å². The van der Waals surface area contributed by atoms with Gasteiger partial charge in [0.15, 0.2) is 0 Å². The Morgan fingerprint density at radius 2 is 1.89 bits per heavy atom. The summed E-state index contributed by atoms with van der Waals surface area (Å²) in [5.74, 6) is 0.374. The standard InChI is InChI=1S/C16H16O3/c1-2-6-12-9-10-15(19-16(17)18)14(11-12)13-7-4-3-5-8-13/h3-5,7-11H,2,6H2,1H3,(H,17,18). The van der Waals surface area contributed by atoms with Crippen LogP contribution in [0.3, 0.4) is 0 Å². The lowest BCUT2D eigenvalue weighted by Crippen LogP contribution is -2.04. The number of carboxylic acid groups (broad SMARTS) is 1. The lowest BCUT2D eigenvalue weighted by molar-refractivity contribution is 0.144. The van der Waals surface area contributed by atoms with Crippen molar-refractivity contribution < 1.29 is 14.6 Å². The Bertz CT molecular complexity index is 561. The average Bonchev–Trinajstić information content (AvgIpc) is 2.41. The molecule has 0 amide bonds. The summed E-state index contributed by atoms with van der Waals surface area (Å²) in [7, 11) is 0. The van der Waals surface area contributed by atoms with Crippen LogP contribution in [0.25, 0.3) is 11.1 Å². The van der Waals surface area contributed by atoms with Gasteiger partial charge in [-0.3, -0.25) is 0 Å². The van der Waals surface area contributed by atoms with E-state index in [-0.39, 0.29) is 0 Å². The minimum atomic E-state index is -1.29. The highest BCUT2D eigenvalue weighted by atomic mass is 16.7. The van der Waals surface area contributed by atoms with Crippen LogP contribution >= 0.6 is 0 Å². The zero-order valence-electron chi connectivity index (χ0n) is 10.8. The Morgan fingerprint density at radius 1 is 1.16 bits per heavy atom. The van der Waals surface area contributed by atoms with Gasteiger partial charge in [-0.05, 0) is 29.7 Å². The molecule has 0 spiro atoms. The molecule has 1 N–H and O–H groups in total. The number of ether oxygens (including phenoxy) is 1. The first-order valence-electron chi connectivity index (χ1n) is 6.30. The molecule has 0 radical (unpaired) electrons. The third-order valence-corrected chi connectivity index (χ3v) is 2.86. The third-order valence-electron chi connectivity index (χ3n) is 2.86. The summed E-state index contributed by atoms with van der Waals surface area (Å²) < 4.78 is 4.85. The number of rotatable bonds is 4. The Labute approximate surface area is 112 Å². The van der Waals surface area contributed by atoms with E-state index in [2.05, 4.69) is 6.92 Å². The van der Waals surface area contributed by atoms with Crippen LogP contribution in [-0.4, -0.2) is 11.3 Å². The molecule has 0 saturated heterocycles. The maximum absolute atomic E-state index is 10.7. The lowest BCUT2D eigenvalue weighted by Gasteiger charge is -2.10. The van der Waals surface area contributed by atoms with Crippen molar-refractivity contribution in [1.29, 1.82) is 0 Å². The summed E-state index contributed by atoms with van der Waals surface area (Å²) in [4.78, 5) is 10.7. The predicted octanol–water partition coefficient (Wildman–Crippen LogP) is 4.36. The van der Waals surface area contributed by atoms with Crippen LogP contribution in [0.2, 0.25) is 0 Å². The van der Waals surface area contributed by atoms with Crippen molar-refractivity contribution in [2.75, 3.05) is 0 Å². The topological polar surface area (TPSA) is 46.5 Å². The molecule has 3 nitrogen and oxygen atoms in total. The molecule has 0 fully saturated rings. The van der Waals surface area contributed by atoms with Gasteiger partial charge in [-0.25, -0.2) is 4.79 Å². The number of hydrogen-bond donors (Lipinski definition) is 1. The number of benzene rings is 2. The zero-order valence-corrected chi connectivity index (χ0v) is 10.8. The molecule has 98 valence electrons. The van der Waals surface area contributed by atoms with Gasteiger partial charge in [0.05, 0.1) is 0 Å². The van der Waals surface area contributed by atoms with Crippen molar-refractivity contribution in [2.45, 2.75) is 19.8 Å². The van der Waals surface area contributed by atoms with Gasteiger partial charge in [0.25, 0.3) is 0 Å². The fraction of sp³-hybridized carbons (Fsp3) is 0.188. The predicted molar refractivity (Wildman–Crippen MR) is 74.5 cm³/mol. The minimum Gasteiger partial charge on any atom is -0.449 e. The molecule has 0 aliphatic heterocycles. The molecule has 3 heteroatoms. The van der Waals surface area contributed by atoms with Gasteiger partial charge in [0, 0.05) is 5.56 Å². The van der Waals surface area contributed by atoms with Gasteiger partial charge >= 0.3 is 6.16 Å². The van der Waals surface area contributed by atoms with Crippen LogP contribution in [-0.2, 0) is 6.42 Å². The Hall–Kier alpha value is -2.29. The molecule has 19 heavy (non-hydrogen) atoms. The summed E-state index contributed by atoms with van der Waals surface area (Å²) >= 11 is 0. The molecule has 2 rings (SSSR count). The zero-order chi connectivity index (χ0) is 13.7. The highest BCUT2D eigenvalue weighted by molar-refractivity contribution is 5.74. The van der Waals surface area contributed by atoms with Crippen LogP contribution < -0.4 is 4.74 Å².